The summed E-state index contributed by atoms with van der Waals surface area (Å²) < 4.78 is 11.1. The van der Waals surface area contributed by atoms with Gasteiger partial charge in [0.25, 0.3) is 0 Å². The van der Waals surface area contributed by atoms with Crippen LogP contribution in [-0.4, -0.2) is 38.3 Å². The quantitative estimate of drug-likeness (QED) is 0.688. The Hall–Kier alpha value is -1.59. The number of carbonyl (C=O) groups is 1. The minimum atomic E-state index is -0.0521. The van der Waals surface area contributed by atoms with Gasteiger partial charge in [0, 0.05) is 24.9 Å². The van der Waals surface area contributed by atoms with Gasteiger partial charge in [0.2, 0.25) is 5.91 Å². The van der Waals surface area contributed by atoms with E-state index in [1.165, 1.54) is 0 Å². The van der Waals surface area contributed by atoms with E-state index >= 15 is 0 Å². The summed E-state index contributed by atoms with van der Waals surface area (Å²) in [4.78, 5) is 11.9. The molecule has 5 heteroatoms. The van der Waals surface area contributed by atoms with Crippen molar-refractivity contribution in [2.24, 2.45) is 0 Å². The predicted molar refractivity (Wildman–Crippen MR) is 87.3 cm³/mol. The minimum Gasteiger partial charge on any atom is -0.494 e. The molecule has 0 bridgehead atoms. The van der Waals surface area contributed by atoms with Crippen molar-refractivity contribution in [2.45, 2.75) is 38.7 Å². The van der Waals surface area contributed by atoms with Gasteiger partial charge in [-0.05, 0) is 31.4 Å². The zero-order chi connectivity index (χ0) is 15.6. The number of hydrogen-bond acceptors (Lipinski definition) is 4. The largest absolute Gasteiger partial charge is 0.494 e. The zero-order valence-electron chi connectivity index (χ0n) is 13.3. The molecule has 22 heavy (non-hydrogen) atoms. The summed E-state index contributed by atoms with van der Waals surface area (Å²) in [5, 5.41) is 6.01. The average Bonchev–Trinajstić information content (AvgIpc) is 3.01. The van der Waals surface area contributed by atoms with Gasteiger partial charge in [0.15, 0.2) is 0 Å². The molecule has 1 fully saturated rings. The molecule has 1 aromatic carbocycles. The van der Waals surface area contributed by atoms with E-state index in [0.717, 1.165) is 50.3 Å². The number of hydrogen-bond donors (Lipinski definition) is 2. The molecule has 5 nitrogen and oxygen atoms in total. The standard InChI is InChI=1S/C17H26N2O3/c1-2-3-9-21-15-7-4-6-14(11-15)19-17(20)13-18-12-16-8-5-10-22-16/h4,6-7,11,16,18H,2-3,5,8-10,12-13H2,1H3,(H,19,20). The van der Waals surface area contributed by atoms with Crippen molar-refractivity contribution in [2.75, 3.05) is 31.6 Å². The molecule has 0 spiro atoms. The molecule has 1 aliphatic heterocycles. The summed E-state index contributed by atoms with van der Waals surface area (Å²) >= 11 is 0. The van der Waals surface area contributed by atoms with Crippen LogP contribution >= 0.6 is 0 Å². The molecule has 1 aromatic rings. The molecule has 122 valence electrons. The molecule has 0 radical (unpaired) electrons. The van der Waals surface area contributed by atoms with Crippen molar-refractivity contribution in [3.05, 3.63) is 24.3 Å². The van der Waals surface area contributed by atoms with Crippen molar-refractivity contribution >= 4 is 11.6 Å². The van der Waals surface area contributed by atoms with Crippen LogP contribution in [0.25, 0.3) is 0 Å². The van der Waals surface area contributed by atoms with Crippen LogP contribution in [0.1, 0.15) is 32.6 Å². The molecule has 2 N–H and O–H groups in total. The summed E-state index contributed by atoms with van der Waals surface area (Å²) in [6.07, 6.45) is 4.58. The number of rotatable bonds is 9. The van der Waals surface area contributed by atoms with E-state index in [9.17, 15) is 4.79 Å². The van der Waals surface area contributed by atoms with E-state index in [-0.39, 0.29) is 12.0 Å². The van der Waals surface area contributed by atoms with Crippen LogP contribution in [0.5, 0.6) is 5.75 Å². The first kappa shape index (κ1) is 16.8. The summed E-state index contributed by atoms with van der Waals surface area (Å²) in [7, 11) is 0. The second-order valence-electron chi connectivity index (χ2n) is 5.54. The van der Waals surface area contributed by atoms with Gasteiger partial charge in [-0.1, -0.05) is 19.4 Å². The number of carbonyl (C=O) groups excluding carboxylic acids is 1. The van der Waals surface area contributed by atoms with E-state index in [1.807, 2.05) is 24.3 Å². The monoisotopic (exact) mass is 306 g/mol. The smallest absolute Gasteiger partial charge is 0.238 e. The van der Waals surface area contributed by atoms with Crippen molar-refractivity contribution < 1.29 is 14.3 Å². The van der Waals surface area contributed by atoms with Crippen LogP contribution in [0.4, 0.5) is 5.69 Å². The van der Waals surface area contributed by atoms with Gasteiger partial charge in [0.1, 0.15) is 5.75 Å². The first-order valence-corrected chi connectivity index (χ1v) is 8.13. The van der Waals surface area contributed by atoms with Crippen molar-refractivity contribution in [3.63, 3.8) is 0 Å². The maximum Gasteiger partial charge on any atom is 0.238 e. The van der Waals surface area contributed by atoms with Crippen LogP contribution in [0.2, 0.25) is 0 Å². The van der Waals surface area contributed by atoms with E-state index in [0.29, 0.717) is 13.2 Å². The van der Waals surface area contributed by atoms with Crippen LogP contribution in [0.15, 0.2) is 24.3 Å². The number of benzene rings is 1. The van der Waals surface area contributed by atoms with E-state index in [2.05, 4.69) is 17.6 Å². The van der Waals surface area contributed by atoms with Gasteiger partial charge in [-0.15, -0.1) is 0 Å². The Bertz CT molecular complexity index is 459. The van der Waals surface area contributed by atoms with E-state index in [1.54, 1.807) is 0 Å². The Morgan fingerprint density at radius 3 is 3.14 bits per heavy atom. The molecule has 1 heterocycles. The van der Waals surface area contributed by atoms with Gasteiger partial charge >= 0.3 is 0 Å². The lowest BCUT2D eigenvalue weighted by atomic mass is 10.2. The summed E-state index contributed by atoms with van der Waals surface area (Å²) in [6.45, 7) is 4.69. The fourth-order valence-electron chi connectivity index (χ4n) is 2.36. The normalized spacial score (nSPS) is 17.4. The summed E-state index contributed by atoms with van der Waals surface area (Å²) in [6, 6.07) is 7.51. The molecular weight excluding hydrogens is 280 g/mol. The number of anilines is 1. The average molecular weight is 306 g/mol. The Morgan fingerprint density at radius 2 is 2.36 bits per heavy atom. The molecule has 1 amide bonds. The lowest BCUT2D eigenvalue weighted by Crippen LogP contribution is -2.33. The molecule has 0 aromatic heterocycles. The number of amides is 1. The maximum absolute atomic E-state index is 11.9. The Kier molecular flexibility index (Phi) is 7.19. The number of unbranched alkanes of at least 4 members (excludes halogenated alkanes) is 1. The molecule has 1 unspecified atom stereocenters. The molecule has 1 aliphatic rings. The highest BCUT2D eigenvalue weighted by atomic mass is 16.5. The first-order valence-electron chi connectivity index (χ1n) is 8.13. The van der Waals surface area contributed by atoms with Crippen molar-refractivity contribution in [1.82, 2.24) is 5.32 Å². The van der Waals surface area contributed by atoms with Crippen LogP contribution < -0.4 is 15.4 Å². The highest BCUT2D eigenvalue weighted by molar-refractivity contribution is 5.92. The first-order chi connectivity index (χ1) is 10.8. The van der Waals surface area contributed by atoms with Gasteiger partial charge in [-0.2, -0.15) is 0 Å². The molecule has 1 atom stereocenters. The van der Waals surface area contributed by atoms with Crippen LogP contribution in [0, 0.1) is 0 Å². The third-order valence-corrected chi connectivity index (χ3v) is 3.57. The van der Waals surface area contributed by atoms with Crippen molar-refractivity contribution in [3.8, 4) is 5.75 Å². The fourth-order valence-corrected chi connectivity index (χ4v) is 2.36. The highest BCUT2D eigenvalue weighted by Crippen LogP contribution is 2.17. The molecule has 0 aliphatic carbocycles. The Morgan fingerprint density at radius 1 is 1.45 bits per heavy atom. The van der Waals surface area contributed by atoms with Gasteiger partial charge in [-0.25, -0.2) is 0 Å². The van der Waals surface area contributed by atoms with Gasteiger partial charge in [0.05, 0.1) is 19.3 Å². The predicted octanol–water partition coefficient (Wildman–Crippen LogP) is 2.57. The topological polar surface area (TPSA) is 59.6 Å². The fraction of sp³-hybridized carbons (Fsp3) is 0.588. The van der Waals surface area contributed by atoms with E-state index in [4.69, 9.17) is 9.47 Å². The molecular formula is C17H26N2O3. The molecule has 0 saturated carbocycles. The van der Waals surface area contributed by atoms with Crippen LogP contribution in [0.3, 0.4) is 0 Å². The zero-order valence-corrected chi connectivity index (χ0v) is 13.3. The summed E-state index contributed by atoms with van der Waals surface area (Å²) in [5.74, 6) is 0.738. The van der Waals surface area contributed by atoms with E-state index < -0.39 is 0 Å². The maximum atomic E-state index is 11.9. The molecule has 1 saturated heterocycles. The number of nitrogens with one attached hydrogen (secondary N) is 2. The molecule has 2 rings (SSSR count). The second kappa shape index (κ2) is 9.43. The van der Waals surface area contributed by atoms with Crippen LogP contribution in [-0.2, 0) is 9.53 Å². The Balaban J connectivity index is 1.69. The summed E-state index contributed by atoms with van der Waals surface area (Å²) in [5.41, 5.74) is 0.762. The van der Waals surface area contributed by atoms with Gasteiger partial charge in [-0.3, -0.25) is 4.79 Å². The minimum absolute atomic E-state index is 0.0521. The SMILES string of the molecule is CCCCOc1cccc(NC(=O)CNCC2CCCO2)c1. The lowest BCUT2D eigenvalue weighted by Gasteiger charge is -2.11. The third kappa shape index (κ3) is 6.03. The lowest BCUT2D eigenvalue weighted by molar-refractivity contribution is -0.115. The van der Waals surface area contributed by atoms with Crippen molar-refractivity contribution in [1.29, 1.82) is 0 Å². The highest BCUT2D eigenvalue weighted by Gasteiger charge is 2.15. The second-order valence-corrected chi connectivity index (χ2v) is 5.54. The Labute approximate surface area is 132 Å². The number of ether oxygens (including phenoxy) is 2. The third-order valence-electron chi connectivity index (χ3n) is 3.57. The van der Waals surface area contributed by atoms with Gasteiger partial charge < -0.3 is 20.1 Å².